The lowest BCUT2D eigenvalue weighted by atomic mass is 10.2. The predicted molar refractivity (Wildman–Crippen MR) is 105 cm³/mol. The molecule has 8 nitrogen and oxygen atoms in total. The van der Waals surface area contributed by atoms with Crippen molar-refractivity contribution in [3.8, 4) is 5.75 Å². The maximum absolute atomic E-state index is 13.0. The number of amides is 2. The largest absolute Gasteiger partial charge is 0.492 e. The van der Waals surface area contributed by atoms with Crippen LogP contribution in [-0.2, 0) is 9.59 Å². The summed E-state index contributed by atoms with van der Waals surface area (Å²) in [6.45, 7) is 6.13. The number of nitrogens with zero attached hydrogens (tertiary/aromatic N) is 5. The zero-order valence-electron chi connectivity index (χ0n) is 15.7. The molecule has 3 aromatic rings. The number of carbonyl (C=O) groups excluding carboxylic acids is 2. The number of thioether (sulfide) groups is 1. The number of aryl methyl sites for hydroxylation is 2. The fraction of sp³-hybridized carbons (Fsp3) is 0.316. The average molecular weight is 397 g/mol. The average Bonchev–Trinajstić information content (AvgIpc) is 3.17. The topological polar surface area (TPSA) is 89.7 Å². The Balaban J connectivity index is 1.64. The molecule has 1 aromatic carbocycles. The van der Waals surface area contributed by atoms with E-state index in [4.69, 9.17) is 4.74 Å². The number of imide groups is 1. The minimum absolute atomic E-state index is 0.0945. The molecule has 2 aromatic heterocycles. The Morgan fingerprint density at radius 3 is 2.79 bits per heavy atom. The second kappa shape index (κ2) is 7.23. The summed E-state index contributed by atoms with van der Waals surface area (Å²) in [5.41, 5.74) is 2.24. The quantitative estimate of drug-likeness (QED) is 0.611. The standard InChI is InChI=1S/C19H19N5O3S/c1-4-27-14-8-6-5-7-13(14)24-16(25)10-15(17(24)26)28-19-22-21-18-20-11(2)9-12(3)23(18)19/h5-9,15H,4,10H2,1-3H3/t15-/m1/s1. The number of aromatic nitrogens is 4. The van der Waals surface area contributed by atoms with Crippen LogP contribution in [0.4, 0.5) is 5.69 Å². The zero-order chi connectivity index (χ0) is 19.8. The monoisotopic (exact) mass is 397 g/mol. The number of para-hydroxylation sites is 2. The second-order valence-electron chi connectivity index (χ2n) is 6.44. The van der Waals surface area contributed by atoms with Gasteiger partial charge in [0.2, 0.25) is 11.8 Å². The highest BCUT2D eigenvalue weighted by atomic mass is 32.2. The van der Waals surface area contributed by atoms with E-state index >= 15 is 0 Å². The van der Waals surface area contributed by atoms with Crippen LogP contribution in [0.2, 0.25) is 0 Å². The van der Waals surface area contributed by atoms with E-state index in [1.807, 2.05) is 32.9 Å². The summed E-state index contributed by atoms with van der Waals surface area (Å²) in [5, 5.41) is 8.24. The van der Waals surface area contributed by atoms with Gasteiger partial charge in [-0.05, 0) is 39.0 Å². The van der Waals surface area contributed by atoms with Crippen LogP contribution in [0.5, 0.6) is 5.75 Å². The molecule has 1 aliphatic heterocycles. The molecule has 3 heterocycles. The van der Waals surface area contributed by atoms with Gasteiger partial charge < -0.3 is 4.74 Å². The number of fused-ring (bicyclic) bond motifs is 1. The molecule has 1 fully saturated rings. The highest BCUT2D eigenvalue weighted by Crippen LogP contribution is 2.37. The first-order valence-electron chi connectivity index (χ1n) is 8.94. The molecule has 1 saturated heterocycles. The third-order valence-electron chi connectivity index (χ3n) is 4.42. The fourth-order valence-corrected chi connectivity index (χ4v) is 4.38. The van der Waals surface area contributed by atoms with Crippen molar-refractivity contribution >= 4 is 35.0 Å². The Bertz CT molecular complexity index is 1080. The molecule has 0 unspecified atom stereocenters. The number of ether oxygens (including phenoxy) is 1. The van der Waals surface area contributed by atoms with Gasteiger partial charge in [0, 0.05) is 17.8 Å². The van der Waals surface area contributed by atoms with Gasteiger partial charge in [0.1, 0.15) is 11.0 Å². The van der Waals surface area contributed by atoms with Crippen LogP contribution in [0.3, 0.4) is 0 Å². The molecular weight excluding hydrogens is 378 g/mol. The van der Waals surface area contributed by atoms with Crippen LogP contribution in [0.1, 0.15) is 24.7 Å². The molecule has 0 N–H and O–H groups in total. The van der Waals surface area contributed by atoms with E-state index in [9.17, 15) is 9.59 Å². The number of hydrogen-bond acceptors (Lipinski definition) is 7. The van der Waals surface area contributed by atoms with Crippen molar-refractivity contribution < 1.29 is 14.3 Å². The second-order valence-corrected chi connectivity index (χ2v) is 7.61. The van der Waals surface area contributed by atoms with E-state index in [0.717, 1.165) is 11.4 Å². The maximum Gasteiger partial charge on any atom is 0.256 e. The Hall–Kier alpha value is -2.94. The summed E-state index contributed by atoms with van der Waals surface area (Å²) in [5.74, 6) is 0.460. The van der Waals surface area contributed by atoms with Crippen molar-refractivity contribution in [2.24, 2.45) is 0 Å². The summed E-state index contributed by atoms with van der Waals surface area (Å²) in [6.07, 6.45) is 0.0945. The molecule has 2 amide bonds. The summed E-state index contributed by atoms with van der Waals surface area (Å²) in [7, 11) is 0. The molecule has 144 valence electrons. The van der Waals surface area contributed by atoms with Gasteiger partial charge in [0.25, 0.3) is 5.78 Å². The number of hydrogen-bond donors (Lipinski definition) is 0. The number of carbonyl (C=O) groups is 2. The highest BCUT2D eigenvalue weighted by molar-refractivity contribution is 8.00. The molecular formula is C19H19N5O3S. The molecule has 1 aliphatic rings. The molecule has 0 saturated carbocycles. The molecule has 0 radical (unpaired) electrons. The lowest BCUT2D eigenvalue weighted by molar-refractivity contribution is -0.121. The van der Waals surface area contributed by atoms with Crippen LogP contribution in [0.25, 0.3) is 5.78 Å². The van der Waals surface area contributed by atoms with E-state index < -0.39 is 5.25 Å². The molecule has 0 spiro atoms. The van der Waals surface area contributed by atoms with Crippen molar-refractivity contribution in [1.29, 1.82) is 0 Å². The lowest BCUT2D eigenvalue weighted by Gasteiger charge is -2.18. The number of anilines is 1. The van der Waals surface area contributed by atoms with Crippen LogP contribution < -0.4 is 9.64 Å². The van der Waals surface area contributed by atoms with Crippen LogP contribution >= 0.6 is 11.8 Å². The third kappa shape index (κ3) is 3.11. The normalized spacial score (nSPS) is 17.0. The fourth-order valence-electron chi connectivity index (χ4n) is 3.27. The molecule has 4 rings (SSSR count). The predicted octanol–water partition coefficient (Wildman–Crippen LogP) is 2.56. The minimum Gasteiger partial charge on any atom is -0.492 e. The molecule has 28 heavy (non-hydrogen) atoms. The van der Waals surface area contributed by atoms with Gasteiger partial charge in [-0.3, -0.25) is 14.0 Å². The van der Waals surface area contributed by atoms with Gasteiger partial charge in [-0.25, -0.2) is 9.88 Å². The Morgan fingerprint density at radius 1 is 1.21 bits per heavy atom. The zero-order valence-corrected chi connectivity index (χ0v) is 16.6. The van der Waals surface area contributed by atoms with Crippen molar-refractivity contribution in [1.82, 2.24) is 19.6 Å². The summed E-state index contributed by atoms with van der Waals surface area (Å²) in [6, 6.07) is 8.99. The summed E-state index contributed by atoms with van der Waals surface area (Å²) >= 11 is 1.23. The third-order valence-corrected chi connectivity index (χ3v) is 5.55. The Labute approximate surface area is 165 Å². The minimum atomic E-state index is -0.574. The van der Waals surface area contributed by atoms with Crippen LogP contribution in [-0.4, -0.2) is 43.3 Å². The van der Waals surface area contributed by atoms with E-state index in [1.54, 1.807) is 22.6 Å². The number of rotatable bonds is 5. The van der Waals surface area contributed by atoms with Crippen molar-refractivity contribution in [3.05, 3.63) is 41.7 Å². The summed E-state index contributed by atoms with van der Waals surface area (Å²) < 4.78 is 7.38. The van der Waals surface area contributed by atoms with E-state index in [-0.39, 0.29) is 18.2 Å². The SMILES string of the molecule is CCOc1ccccc1N1C(=O)C[C@@H](Sc2nnc3nc(C)cc(C)n23)C1=O. The van der Waals surface area contributed by atoms with Crippen molar-refractivity contribution in [3.63, 3.8) is 0 Å². The smallest absolute Gasteiger partial charge is 0.256 e. The van der Waals surface area contributed by atoms with Crippen molar-refractivity contribution in [2.75, 3.05) is 11.5 Å². The van der Waals surface area contributed by atoms with Gasteiger partial charge in [-0.15, -0.1) is 10.2 Å². The van der Waals surface area contributed by atoms with E-state index in [1.165, 1.54) is 16.7 Å². The lowest BCUT2D eigenvalue weighted by Crippen LogP contribution is -2.31. The first-order valence-corrected chi connectivity index (χ1v) is 9.82. The summed E-state index contributed by atoms with van der Waals surface area (Å²) in [4.78, 5) is 31.2. The highest BCUT2D eigenvalue weighted by Gasteiger charge is 2.42. The molecule has 0 aliphatic carbocycles. The first-order chi connectivity index (χ1) is 13.5. The first kappa shape index (κ1) is 18.4. The maximum atomic E-state index is 13.0. The molecule has 0 bridgehead atoms. The van der Waals surface area contributed by atoms with E-state index in [0.29, 0.717) is 29.0 Å². The molecule has 9 heteroatoms. The van der Waals surface area contributed by atoms with Gasteiger partial charge >= 0.3 is 0 Å². The van der Waals surface area contributed by atoms with Crippen molar-refractivity contribution in [2.45, 2.75) is 37.6 Å². The Morgan fingerprint density at radius 2 is 2.00 bits per heavy atom. The number of benzene rings is 1. The van der Waals surface area contributed by atoms with E-state index in [2.05, 4.69) is 15.2 Å². The van der Waals surface area contributed by atoms with Gasteiger partial charge in [-0.2, -0.15) is 0 Å². The van der Waals surface area contributed by atoms with Crippen LogP contribution in [0, 0.1) is 13.8 Å². The Kier molecular flexibility index (Phi) is 4.76. The molecule has 1 atom stereocenters. The van der Waals surface area contributed by atoms with Gasteiger partial charge in [-0.1, -0.05) is 23.9 Å². The van der Waals surface area contributed by atoms with Crippen LogP contribution in [0.15, 0.2) is 35.5 Å². The van der Waals surface area contributed by atoms with Gasteiger partial charge in [0.15, 0.2) is 5.16 Å². The van der Waals surface area contributed by atoms with Gasteiger partial charge in [0.05, 0.1) is 12.3 Å².